The lowest BCUT2D eigenvalue weighted by atomic mass is 10.0. The van der Waals surface area contributed by atoms with Gasteiger partial charge < -0.3 is 4.90 Å². The van der Waals surface area contributed by atoms with Crippen molar-refractivity contribution in [3.05, 3.63) is 69.2 Å². The van der Waals surface area contributed by atoms with Crippen molar-refractivity contribution in [2.45, 2.75) is 18.9 Å². The molecular formula is C16H15ClN2O2. The predicted molar refractivity (Wildman–Crippen MR) is 83.9 cm³/mol. The summed E-state index contributed by atoms with van der Waals surface area (Å²) in [6.45, 7) is 0.821. The van der Waals surface area contributed by atoms with Gasteiger partial charge in [-0.05, 0) is 30.5 Å². The van der Waals surface area contributed by atoms with E-state index in [4.69, 9.17) is 11.6 Å². The Morgan fingerprint density at radius 2 is 1.95 bits per heavy atom. The molecule has 1 unspecified atom stereocenters. The average molecular weight is 303 g/mol. The van der Waals surface area contributed by atoms with E-state index in [9.17, 15) is 10.1 Å². The van der Waals surface area contributed by atoms with E-state index in [1.807, 2.05) is 18.2 Å². The number of anilines is 1. The highest BCUT2D eigenvalue weighted by molar-refractivity contribution is 6.30. The highest BCUT2D eigenvalue weighted by atomic mass is 35.5. The maximum Gasteiger partial charge on any atom is 0.294 e. The van der Waals surface area contributed by atoms with Crippen LogP contribution in [0.1, 0.15) is 24.4 Å². The molecule has 1 atom stereocenters. The molecule has 0 aromatic heterocycles. The maximum atomic E-state index is 11.3. The highest BCUT2D eigenvalue weighted by Crippen LogP contribution is 2.41. The molecule has 0 radical (unpaired) electrons. The van der Waals surface area contributed by atoms with Gasteiger partial charge in [-0.25, -0.2) is 0 Å². The Morgan fingerprint density at radius 1 is 1.19 bits per heavy atom. The summed E-state index contributed by atoms with van der Waals surface area (Å²) < 4.78 is 0. The summed E-state index contributed by atoms with van der Waals surface area (Å²) in [6, 6.07) is 15.2. The van der Waals surface area contributed by atoms with E-state index in [1.165, 1.54) is 11.6 Å². The van der Waals surface area contributed by atoms with E-state index >= 15 is 0 Å². The first-order valence-electron chi connectivity index (χ1n) is 6.92. The largest absolute Gasteiger partial charge is 0.359 e. The minimum Gasteiger partial charge on any atom is -0.359 e. The summed E-state index contributed by atoms with van der Waals surface area (Å²) in [4.78, 5) is 13.0. The van der Waals surface area contributed by atoms with E-state index in [0.717, 1.165) is 19.4 Å². The zero-order valence-corrected chi connectivity index (χ0v) is 12.2. The molecule has 0 aliphatic carbocycles. The van der Waals surface area contributed by atoms with Gasteiger partial charge in [0.2, 0.25) is 0 Å². The number of nitro benzene ring substituents is 1. The second-order valence-corrected chi connectivity index (χ2v) is 5.59. The molecule has 1 heterocycles. The number of nitrogens with zero attached hydrogens (tertiary/aromatic N) is 2. The second-order valence-electron chi connectivity index (χ2n) is 5.15. The summed E-state index contributed by atoms with van der Waals surface area (Å²) in [5.74, 6) is 0. The van der Waals surface area contributed by atoms with Crippen LogP contribution in [0.25, 0.3) is 0 Å². The molecule has 0 spiro atoms. The molecule has 3 rings (SSSR count). The van der Waals surface area contributed by atoms with Crippen molar-refractivity contribution < 1.29 is 4.92 Å². The van der Waals surface area contributed by atoms with Crippen LogP contribution < -0.4 is 4.90 Å². The topological polar surface area (TPSA) is 46.4 Å². The van der Waals surface area contributed by atoms with Crippen LogP contribution in [0.2, 0.25) is 5.02 Å². The standard InChI is InChI=1S/C16H15ClN2O2/c17-13-8-9-15(16(11-13)19(20)21)18-10-4-7-14(18)12-5-2-1-3-6-12/h1-3,5-6,8-9,11,14H,4,7,10H2. The minimum absolute atomic E-state index is 0.0744. The fourth-order valence-corrected chi connectivity index (χ4v) is 3.13. The smallest absolute Gasteiger partial charge is 0.294 e. The van der Waals surface area contributed by atoms with E-state index in [2.05, 4.69) is 17.0 Å². The first-order valence-corrected chi connectivity index (χ1v) is 7.30. The third-order valence-electron chi connectivity index (χ3n) is 3.88. The van der Waals surface area contributed by atoms with Gasteiger partial charge in [-0.15, -0.1) is 0 Å². The fraction of sp³-hybridized carbons (Fsp3) is 0.250. The van der Waals surface area contributed by atoms with Crippen molar-refractivity contribution in [3.63, 3.8) is 0 Å². The van der Waals surface area contributed by atoms with Gasteiger partial charge in [-0.1, -0.05) is 41.9 Å². The van der Waals surface area contributed by atoms with Crippen molar-refractivity contribution >= 4 is 23.0 Å². The Balaban J connectivity index is 2.01. The first kappa shape index (κ1) is 13.9. The van der Waals surface area contributed by atoms with Crippen LogP contribution in [0.4, 0.5) is 11.4 Å². The normalized spacial score (nSPS) is 18.0. The number of nitro groups is 1. The first-order chi connectivity index (χ1) is 10.2. The number of hydrogen-bond donors (Lipinski definition) is 0. The van der Waals surface area contributed by atoms with Crippen LogP contribution >= 0.6 is 11.6 Å². The molecule has 1 saturated heterocycles. The van der Waals surface area contributed by atoms with Crippen LogP contribution in [-0.2, 0) is 0 Å². The van der Waals surface area contributed by atoms with Crippen molar-refractivity contribution in [3.8, 4) is 0 Å². The van der Waals surface area contributed by atoms with E-state index in [0.29, 0.717) is 10.7 Å². The quantitative estimate of drug-likeness (QED) is 0.615. The zero-order valence-electron chi connectivity index (χ0n) is 11.4. The minimum atomic E-state index is -0.360. The third-order valence-corrected chi connectivity index (χ3v) is 4.12. The fourth-order valence-electron chi connectivity index (χ4n) is 2.96. The lowest BCUT2D eigenvalue weighted by Crippen LogP contribution is -2.23. The van der Waals surface area contributed by atoms with Gasteiger partial charge in [-0.3, -0.25) is 10.1 Å². The van der Waals surface area contributed by atoms with Crippen LogP contribution in [-0.4, -0.2) is 11.5 Å². The molecule has 1 aliphatic rings. The Kier molecular flexibility index (Phi) is 3.80. The Labute approximate surface area is 128 Å². The number of rotatable bonds is 3. The van der Waals surface area contributed by atoms with E-state index < -0.39 is 0 Å². The lowest BCUT2D eigenvalue weighted by molar-refractivity contribution is -0.384. The molecule has 1 fully saturated rings. The van der Waals surface area contributed by atoms with Gasteiger partial charge in [0.25, 0.3) is 5.69 Å². The van der Waals surface area contributed by atoms with Gasteiger partial charge >= 0.3 is 0 Å². The molecule has 0 N–H and O–H groups in total. The SMILES string of the molecule is O=[N+]([O-])c1cc(Cl)ccc1N1CCCC1c1ccccc1. The Morgan fingerprint density at radius 3 is 2.67 bits per heavy atom. The molecule has 5 heteroatoms. The number of hydrogen-bond acceptors (Lipinski definition) is 3. The van der Waals surface area contributed by atoms with Crippen LogP contribution in [0.5, 0.6) is 0 Å². The molecule has 21 heavy (non-hydrogen) atoms. The lowest BCUT2D eigenvalue weighted by Gasteiger charge is -2.27. The molecule has 2 aromatic carbocycles. The van der Waals surface area contributed by atoms with Crippen LogP contribution in [0, 0.1) is 10.1 Å². The summed E-state index contributed by atoms with van der Waals surface area (Å²) in [7, 11) is 0. The van der Waals surface area contributed by atoms with Crippen LogP contribution in [0.3, 0.4) is 0 Å². The van der Waals surface area contributed by atoms with Crippen molar-refractivity contribution in [1.82, 2.24) is 0 Å². The van der Waals surface area contributed by atoms with Gasteiger partial charge in [0, 0.05) is 17.6 Å². The molecule has 1 aliphatic heterocycles. The monoisotopic (exact) mass is 302 g/mol. The Hall–Kier alpha value is -2.07. The zero-order chi connectivity index (χ0) is 14.8. The molecular weight excluding hydrogens is 288 g/mol. The highest BCUT2D eigenvalue weighted by Gasteiger charge is 2.30. The summed E-state index contributed by atoms with van der Waals surface area (Å²) in [6.07, 6.45) is 2.03. The van der Waals surface area contributed by atoms with Crippen molar-refractivity contribution in [2.24, 2.45) is 0 Å². The van der Waals surface area contributed by atoms with Gasteiger partial charge in [0.05, 0.1) is 11.0 Å². The average Bonchev–Trinajstić information content (AvgIpc) is 2.97. The Bertz CT molecular complexity index is 661. The predicted octanol–water partition coefficient (Wildman–Crippen LogP) is 4.59. The van der Waals surface area contributed by atoms with Gasteiger partial charge in [0.1, 0.15) is 5.69 Å². The third kappa shape index (κ3) is 2.72. The molecule has 0 bridgehead atoms. The van der Waals surface area contributed by atoms with Gasteiger partial charge in [0.15, 0.2) is 0 Å². The maximum absolute atomic E-state index is 11.3. The number of halogens is 1. The van der Waals surface area contributed by atoms with E-state index in [1.54, 1.807) is 12.1 Å². The number of benzene rings is 2. The van der Waals surface area contributed by atoms with Gasteiger partial charge in [-0.2, -0.15) is 0 Å². The van der Waals surface area contributed by atoms with Crippen molar-refractivity contribution in [1.29, 1.82) is 0 Å². The summed E-state index contributed by atoms with van der Waals surface area (Å²) >= 11 is 5.90. The van der Waals surface area contributed by atoms with Crippen LogP contribution in [0.15, 0.2) is 48.5 Å². The second kappa shape index (κ2) is 5.74. The van der Waals surface area contributed by atoms with E-state index in [-0.39, 0.29) is 16.7 Å². The summed E-state index contributed by atoms with van der Waals surface area (Å²) in [5.41, 5.74) is 1.92. The molecule has 0 amide bonds. The molecule has 2 aromatic rings. The molecule has 0 saturated carbocycles. The summed E-state index contributed by atoms with van der Waals surface area (Å²) in [5, 5.41) is 11.7. The molecule has 108 valence electrons. The van der Waals surface area contributed by atoms with Crippen molar-refractivity contribution in [2.75, 3.05) is 11.4 Å². The molecule has 4 nitrogen and oxygen atoms in total.